The summed E-state index contributed by atoms with van der Waals surface area (Å²) in [7, 11) is 0. The highest BCUT2D eigenvalue weighted by Crippen LogP contribution is 1.96. The zero-order valence-electron chi connectivity index (χ0n) is 8.62. The average molecular weight is 228 g/mol. The molecular weight excluding hydrogens is 212 g/mol. The van der Waals surface area contributed by atoms with Crippen molar-refractivity contribution in [1.29, 1.82) is 0 Å². The maximum atomic E-state index is 11.5. The van der Waals surface area contributed by atoms with E-state index in [0.717, 1.165) is 12.3 Å². The van der Waals surface area contributed by atoms with Gasteiger partial charge in [0.15, 0.2) is 0 Å². The quantitative estimate of drug-likeness (QED) is 0.490. The third-order valence-electron chi connectivity index (χ3n) is 1.97. The number of amides is 1. The van der Waals surface area contributed by atoms with Gasteiger partial charge in [-0.3, -0.25) is 4.79 Å². The second-order valence-corrected chi connectivity index (χ2v) is 4.23. The lowest BCUT2D eigenvalue weighted by Gasteiger charge is -2.22. The fraction of sp³-hybridized carbons (Fsp3) is 0.700. The highest BCUT2D eigenvalue weighted by atomic mass is 32.2. The van der Waals surface area contributed by atoms with Gasteiger partial charge in [0.1, 0.15) is 6.04 Å². The van der Waals surface area contributed by atoms with Crippen molar-refractivity contribution in [2.24, 2.45) is 0 Å². The van der Waals surface area contributed by atoms with Gasteiger partial charge in [-0.1, -0.05) is 5.92 Å². The summed E-state index contributed by atoms with van der Waals surface area (Å²) in [6, 6.07) is -0.198. The Morgan fingerprint density at radius 2 is 2.60 bits per heavy atom. The summed E-state index contributed by atoms with van der Waals surface area (Å²) in [4.78, 5) is 11.5. The van der Waals surface area contributed by atoms with Gasteiger partial charge in [0.05, 0.1) is 19.0 Å². The molecule has 4 nitrogen and oxygen atoms in total. The predicted octanol–water partition coefficient (Wildman–Crippen LogP) is -0.543. The van der Waals surface area contributed by atoms with Crippen LogP contribution in [0.2, 0.25) is 0 Å². The van der Waals surface area contributed by atoms with E-state index in [0.29, 0.717) is 25.5 Å². The molecule has 84 valence electrons. The number of hydrogen-bond acceptors (Lipinski definition) is 4. The van der Waals surface area contributed by atoms with Gasteiger partial charge in [-0.05, 0) is 0 Å². The van der Waals surface area contributed by atoms with Crippen LogP contribution in [0.1, 0.15) is 0 Å². The fourth-order valence-corrected chi connectivity index (χ4v) is 1.74. The lowest BCUT2D eigenvalue weighted by Crippen LogP contribution is -2.51. The molecule has 0 bridgehead atoms. The normalized spacial score (nSPS) is 20.6. The van der Waals surface area contributed by atoms with Crippen molar-refractivity contribution >= 4 is 17.7 Å². The molecule has 1 unspecified atom stereocenters. The van der Waals surface area contributed by atoms with Crippen LogP contribution in [-0.4, -0.2) is 49.8 Å². The predicted molar refractivity (Wildman–Crippen MR) is 61.8 cm³/mol. The minimum atomic E-state index is -0.198. The second-order valence-electron chi connectivity index (χ2n) is 3.13. The average Bonchev–Trinajstić information content (AvgIpc) is 2.30. The van der Waals surface area contributed by atoms with Crippen LogP contribution in [0.5, 0.6) is 0 Å². The number of thioether (sulfide) groups is 1. The molecule has 0 spiro atoms. The Kier molecular flexibility index (Phi) is 6.25. The van der Waals surface area contributed by atoms with Gasteiger partial charge in [0.25, 0.3) is 0 Å². The monoisotopic (exact) mass is 228 g/mol. The topological polar surface area (TPSA) is 50.4 Å². The van der Waals surface area contributed by atoms with Crippen LogP contribution in [0.3, 0.4) is 0 Å². The third kappa shape index (κ3) is 5.07. The molecule has 2 N–H and O–H groups in total. The van der Waals surface area contributed by atoms with Gasteiger partial charge in [-0.25, -0.2) is 0 Å². The van der Waals surface area contributed by atoms with E-state index in [1.165, 1.54) is 0 Å². The largest absolute Gasteiger partial charge is 0.378 e. The molecule has 1 atom stereocenters. The molecule has 1 aliphatic heterocycles. The van der Waals surface area contributed by atoms with Gasteiger partial charge in [-0.2, -0.15) is 0 Å². The van der Waals surface area contributed by atoms with Gasteiger partial charge in [0, 0.05) is 18.8 Å². The molecular formula is C10H16N2O2S. The SMILES string of the molecule is C#CCSCCNC(=O)C1COCCN1. The molecule has 1 amide bonds. The van der Waals surface area contributed by atoms with Gasteiger partial charge in [0.2, 0.25) is 5.91 Å². The summed E-state index contributed by atoms with van der Waals surface area (Å²) in [5.74, 6) is 4.09. The smallest absolute Gasteiger partial charge is 0.239 e. The number of nitrogens with one attached hydrogen (secondary N) is 2. The Hall–Kier alpha value is -0.700. The first-order chi connectivity index (χ1) is 7.34. The lowest BCUT2D eigenvalue weighted by atomic mass is 10.2. The number of rotatable bonds is 5. The molecule has 1 heterocycles. The minimum absolute atomic E-state index is 0.0102. The molecule has 0 radical (unpaired) electrons. The molecule has 1 fully saturated rings. The first kappa shape index (κ1) is 12.4. The zero-order chi connectivity index (χ0) is 10.9. The van der Waals surface area contributed by atoms with E-state index >= 15 is 0 Å². The lowest BCUT2D eigenvalue weighted by molar-refractivity contribution is -0.125. The number of morpholine rings is 1. The van der Waals surface area contributed by atoms with E-state index in [2.05, 4.69) is 16.6 Å². The van der Waals surface area contributed by atoms with E-state index in [4.69, 9.17) is 11.2 Å². The van der Waals surface area contributed by atoms with E-state index in [1.807, 2.05) is 0 Å². The molecule has 5 heteroatoms. The molecule has 1 aliphatic rings. The summed E-state index contributed by atoms with van der Waals surface area (Å²) < 4.78 is 5.19. The molecule has 1 rings (SSSR count). The maximum Gasteiger partial charge on any atom is 0.239 e. The Morgan fingerprint density at radius 3 is 3.27 bits per heavy atom. The minimum Gasteiger partial charge on any atom is -0.378 e. The van der Waals surface area contributed by atoms with Gasteiger partial charge >= 0.3 is 0 Å². The van der Waals surface area contributed by atoms with Gasteiger partial charge < -0.3 is 15.4 Å². The number of carbonyl (C=O) groups is 1. The van der Waals surface area contributed by atoms with Gasteiger partial charge in [-0.15, -0.1) is 18.2 Å². The van der Waals surface area contributed by atoms with Crippen LogP contribution >= 0.6 is 11.8 Å². The summed E-state index contributed by atoms with van der Waals surface area (Å²) in [6.07, 6.45) is 5.10. The van der Waals surface area contributed by atoms with Crippen molar-refractivity contribution in [3.8, 4) is 12.3 Å². The number of terminal acetylenes is 1. The van der Waals surface area contributed by atoms with Crippen molar-refractivity contribution in [3.63, 3.8) is 0 Å². The second kappa shape index (κ2) is 7.57. The molecule has 0 aromatic rings. The summed E-state index contributed by atoms with van der Waals surface area (Å²) in [5.41, 5.74) is 0. The highest BCUT2D eigenvalue weighted by molar-refractivity contribution is 7.99. The van der Waals surface area contributed by atoms with Crippen LogP contribution in [0.15, 0.2) is 0 Å². The number of carbonyl (C=O) groups excluding carboxylic acids is 1. The molecule has 0 aromatic heterocycles. The van der Waals surface area contributed by atoms with Crippen LogP contribution in [0, 0.1) is 12.3 Å². The first-order valence-electron chi connectivity index (χ1n) is 4.94. The Labute approximate surface area is 94.5 Å². The molecule has 15 heavy (non-hydrogen) atoms. The Bertz CT molecular complexity index is 234. The van der Waals surface area contributed by atoms with Crippen molar-refractivity contribution < 1.29 is 9.53 Å². The number of ether oxygens (including phenoxy) is 1. The van der Waals surface area contributed by atoms with Crippen molar-refractivity contribution in [3.05, 3.63) is 0 Å². The Balaban J connectivity index is 2.05. The molecule has 0 aliphatic carbocycles. The molecule has 0 saturated carbocycles. The van der Waals surface area contributed by atoms with E-state index in [-0.39, 0.29) is 11.9 Å². The molecule has 1 saturated heterocycles. The maximum absolute atomic E-state index is 11.5. The summed E-state index contributed by atoms with van der Waals surface area (Å²) in [6.45, 7) is 2.54. The van der Waals surface area contributed by atoms with Crippen molar-refractivity contribution in [2.75, 3.05) is 37.8 Å². The van der Waals surface area contributed by atoms with Crippen molar-refractivity contribution in [2.45, 2.75) is 6.04 Å². The first-order valence-corrected chi connectivity index (χ1v) is 6.10. The van der Waals surface area contributed by atoms with Crippen LogP contribution in [0.4, 0.5) is 0 Å². The summed E-state index contributed by atoms with van der Waals surface area (Å²) >= 11 is 1.64. The standard InChI is InChI=1S/C10H16N2O2S/c1-2-6-15-7-4-12-10(13)9-8-14-5-3-11-9/h1,9,11H,3-8H2,(H,12,13). The van der Waals surface area contributed by atoms with E-state index in [9.17, 15) is 4.79 Å². The van der Waals surface area contributed by atoms with E-state index < -0.39 is 0 Å². The highest BCUT2D eigenvalue weighted by Gasteiger charge is 2.20. The zero-order valence-corrected chi connectivity index (χ0v) is 9.44. The molecule has 0 aromatic carbocycles. The van der Waals surface area contributed by atoms with E-state index in [1.54, 1.807) is 11.8 Å². The van der Waals surface area contributed by atoms with Crippen LogP contribution in [0.25, 0.3) is 0 Å². The third-order valence-corrected chi connectivity index (χ3v) is 2.83. The van der Waals surface area contributed by atoms with Crippen molar-refractivity contribution in [1.82, 2.24) is 10.6 Å². The fourth-order valence-electron chi connectivity index (χ4n) is 1.23. The van der Waals surface area contributed by atoms with Crippen LogP contribution in [-0.2, 0) is 9.53 Å². The summed E-state index contributed by atoms with van der Waals surface area (Å²) in [5, 5.41) is 5.94. The van der Waals surface area contributed by atoms with Crippen LogP contribution < -0.4 is 10.6 Å². The Morgan fingerprint density at radius 1 is 1.73 bits per heavy atom. The number of hydrogen-bond donors (Lipinski definition) is 2.